The molecule has 0 saturated heterocycles. The van der Waals surface area contributed by atoms with Gasteiger partial charge >= 0.3 is 0 Å². The van der Waals surface area contributed by atoms with Crippen molar-refractivity contribution >= 4 is 69.5 Å². The number of aromatic nitrogens is 3. The number of amides is 1. The molecule has 0 aliphatic rings. The fraction of sp³-hybridized carbons (Fsp3) is 0.133. The first-order valence-corrected chi connectivity index (χ1v) is 10.0. The van der Waals surface area contributed by atoms with Gasteiger partial charge in [-0.2, -0.15) is 0 Å². The molecule has 0 aliphatic carbocycles. The molecule has 2 N–H and O–H groups in total. The molecule has 0 atom stereocenters. The van der Waals surface area contributed by atoms with Gasteiger partial charge in [0, 0.05) is 11.3 Å². The minimum Gasteiger partial charge on any atom is -0.324 e. The highest BCUT2D eigenvalue weighted by molar-refractivity contribution is 7.99. The summed E-state index contributed by atoms with van der Waals surface area (Å²) < 4.78 is 0. The van der Waals surface area contributed by atoms with E-state index >= 15 is 0 Å². The van der Waals surface area contributed by atoms with Crippen molar-refractivity contribution in [3.05, 3.63) is 55.4 Å². The minimum absolute atomic E-state index is 0.146. The van der Waals surface area contributed by atoms with Crippen LogP contribution in [0.3, 0.4) is 0 Å². The maximum atomic E-state index is 12.1. The molecule has 1 amide bonds. The Morgan fingerprint density at radius 2 is 2.04 bits per heavy atom. The molecule has 1 aromatic carbocycles. The van der Waals surface area contributed by atoms with Crippen LogP contribution in [-0.2, 0) is 11.2 Å². The zero-order valence-electron chi connectivity index (χ0n) is 12.6. The summed E-state index contributed by atoms with van der Waals surface area (Å²) in [6.45, 7) is 0. The van der Waals surface area contributed by atoms with Gasteiger partial charge in [0.15, 0.2) is 0 Å². The van der Waals surface area contributed by atoms with Crippen LogP contribution in [0.15, 0.2) is 34.8 Å². The summed E-state index contributed by atoms with van der Waals surface area (Å²) in [5, 5.41) is 13.2. The summed E-state index contributed by atoms with van der Waals surface area (Å²) in [5.41, 5.74) is 0.412. The van der Waals surface area contributed by atoms with Crippen LogP contribution in [0.4, 0.5) is 5.69 Å². The second-order valence-electron chi connectivity index (χ2n) is 4.90. The second-order valence-corrected chi connectivity index (χ2v) is 8.10. The summed E-state index contributed by atoms with van der Waals surface area (Å²) >= 11 is 20.7. The molecular weight excluding hydrogens is 423 g/mol. The number of halogens is 3. The van der Waals surface area contributed by atoms with E-state index in [4.69, 9.17) is 34.8 Å². The van der Waals surface area contributed by atoms with Gasteiger partial charge in [0.25, 0.3) is 0 Å². The van der Waals surface area contributed by atoms with Crippen LogP contribution in [0.1, 0.15) is 10.7 Å². The number of carbonyl (C=O) groups excluding carboxylic acids is 1. The smallest absolute Gasteiger partial charge is 0.234 e. The molecule has 3 rings (SSSR count). The third-order valence-electron chi connectivity index (χ3n) is 3.05. The summed E-state index contributed by atoms with van der Waals surface area (Å²) in [4.78, 5) is 17.6. The van der Waals surface area contributed by atoms with Crippen molar-refractivity contribution in [2.75, 3.05) is 11.1 Å². The zero-order valence-corrected chi connectivity index (χ0v) is 16.5. The van der Waals surface area contributed by atoms with Crippen LogP contribution < -0.4 is 5.32 Å². The molecule has 25 heavy (non-hydrogen) atoms. The first-order valence-electron chi connectivity index (χ1n) is 7.02. The molecule has 0 aliphatic heterocycles. The van der Waals surface area contributed by atoms with Gasteiger partial charge in [-0.15, -0.1) is 16.4 Å². The first-order chi connectivity index (χ1) is 12.0. The van der Waals surface area contributed by atoms with E-state index < -0.39 is 0 Å². The molecule has 5 nitrogen and oxygen atoms in total. The molecular formula is C15H11Cl3N4OS2. The third-order valence-corrected chi connectivity index (χ3v) is 5.81. The lowest BCUT2D eigenvalue weighted by Crippen LogP contribution is -2.14. The van der Waals surface area contributed by atoms with Crippen molar-refractivity contribution in [1.29, 1.82) is 0 Å². The molecule has 0 bridgehead atoms. The Labute approximate surface area is 167 Å². The lowest BCUT2D eigenvalue weighted by Gasteiger charge is -2.08. The monoisotopic (exact) mass is 432 g/mol. The topological polar surface area (TPSA) is 70.7 Å². The highest BCUT2D eigenvalue weighted by Crippen LogP contribution is 2.32. The molecule has 10 heteroatoms. The number of hydrogen-bond acceptors (Lipinski definition) is 5. The van der Waals surface area contributed by atoms with Gasteiger partial charge in [-0.1, -0.05) is 52.6 Å². The van der Waals surface area contributed by atoms with Crippen LogP contribution in [-0.4, -0.2) is 26.8 Å². The summed E-state index contributed by atoms with van der Waals surface area (Å²) in [6, 6.07) is 7.03. The largest absolute Gasteiger partial charge is 0.324 e. The van der Waals surface area contributed by atoms with Crippen molar-refractivity contribution in [3.8, 4) is 0 Å². The van der Waals surface area contributed by atoms with E-state index in [2.05, 4.69) is 20.5 Å². The Balaban J connectivity index is 1.54. The Bertz CT molecular complexity index is 883. The number of rotatable bonds is 6. The van der Waals surface area contributed by atoms with Gasteiger partial charge in [-0.05, 0) is 23.6 Å². The Hall–Kier alpha value is -1.25. The molecule has 2 aromatic heterocycles. The Morgan fingerprint density at radius 3 is 2.80 bits per heavy atom. The quantitative estimate of drug-likeness (QED) is 0.417. The Morgan fingerprint density at radius 1 is 1.24 bits per heavy atom. The fourth-order valence-corrected chi connectivity index (χ4v) is 3.85. The van der Waals surface area contributed by atoms with E-state index in [-0.39, 0.29) is 11.7 Å². The van der Waals surface area contributed by atoms with E-state index in [1.807, 2.05) is 17.5 Å². The summed E-state index contributed by atoms with van der Waals surface area (Å²) in [5.74, 6) is 0.667. The van der Waals surface area contributed by atoms with Crippen molar-refractivity contribution in [1.82, 2.24) is 15.2 Å². The number of aromatic amines is 1. The molecule has 0 fully saturated rings. The number of nitrogens with zero attached hydrogens (tertiary/aromatic N) is 2. The maximum Gasteiger partial charge on any atom is 0.234 e. The highest BCUT2D eigenvalue weighted by atomic mass is 35.5. The molecule has 0 saturated carbocycles. The van der Waals surface area contributed by atoms with Crippen molar-refractivity contribution in [2.24, 2.45) is 0 Å². The van der Waals surface area contributed by atoms with E-state index in [0.29, 0.717) is 32.3 Å². The molecule has 0 spiro atoms. The molecule has 0 radical (unpaired) electrons. The minimum atomic E-state index is -0.241. The van der Waals surface area contributed by atoms with Crippen LogP contribution in [0.2, 0.25) is 15.1 Å². The molecule has 130 valence electrons. The number of thioether (sulfide) groups is 1. The number of benzene rings is 1. The third kappa shape index (κ3) is 5.12. The number of thiophene rings is 1. The number of anilines is 1. The number of nitrogens with one attached hydrogen (secondary N) is 2. The van der Waals surface area contributed by atoms with Gasteiger partial charge in [0.2, 0.25) is 11.1 Å². The molecule has 2 heterocycles. The lowest BCUT2D eigenvalue weighted by molar-refractivity contribution is -0.113. The number of H-pyrrole nitrogens is 1. The number of carbonyl (C=O) groups is 1. The van der Waals surface area contributed by atoms with Crippen LogP contribution in [0.25, 0.3) is 0 Å². The highest BCUT2D eigenvalue weighted by Gasteiger charge is 2.12. The predicted molar refractivity (Wildman–Crippen MR) is 104 cm³/mol. The summed E-state index contributed by atoms with van der Waals surface area (Å²) in [7, 11) is 0. The lowest BCUT2D eigenvalue weighted by atomic mass is 10.3. The zero-order chi connectivity index (χ0) is 17.8. The van der Waals surface area contributed by atoms with Gasteiger partial charge in [0.05, 0.1) is 26.5 Å². The second kappa shape index (κ2) is 8.42. The maximum absolute atomic E-state index is 12.1. The standard InChI is InChI=1S/C15H11Cl3N4OS2/c16-9-5-11(18)12(6-10(9)17)19-14(23)7-25-15-20-13(21-22-15)4-8-2-1-3-24-8/h1-3,5-6H,4,7H2,(H,19,23)(H,20,21,22). The molecule has 3 aromatic rings. The van der Waals surface area contributed by atoms with Crippen molar-refractivity contribution in [2.45, 2.75) is 11.6 Å². The van der Waals surface area contributed by atoms with Gasteiger partial charge in [0.1, 0.15) is 5.82 Å². The van der Waals surface area contributed by atoms with Crippen molar-refractivity contribution in [3.63, 3.8) is 0 Å². The first kappa shape index (κ1) is 18.5. The Kier molecular flexibility index (Phi) is 6.24. The number of hydrogen-bond donors (Lipinski definition) is 2. The van der Waals surface area contributed by atoms with Crippen molar-refractivity contribution < 1.29 is 4.79 Å². The van der Waals surface area contributed by atoms with E-state index in [0.717, 1.165) is 5.82 Å². The normalized spacial score (nSPS) is 10.8. The average molecular weight is 434 g/mol. The van der Waals surface area contributed by atoms with E-state index in [9.17, 15) is 4.79 Å². The van der Waals surface area contributed by atoms with Gasteiger partial charge < -0.3 is 5.32 Å². The van der Waals surface area contributed by atoms with E-state index in [1.54, 1.807) is 11.3 Å². The SMILES string of the molecule is O=C(CSc1n[nH]c(Cc2cccs2)n1)Nc1cc(Cl)c(Cl)cc1Cl. The van der Waals surface area contributed by atoms with Crippen LogP contribution in [0.5, 0.6) is 0 Å². The molecule has 0 unspecified atom stereocenters. The van der Waals surface area contributed by atoms with E-state index in [1.165, 1.54) is 28.8 Å². The average Bonchev–Trinajstić information content (AvgIpc) is 3.23. The fourth-order valence-electron chi connectivity index (χ4n) is 1.93. The van der Waals surface area contributed by atoms with Gasteiger partial charge in [-0.3, -0.25) is 9.89 Å². The van der Waals surface area contributed by atoms with Crippen LogP contribution in [0, 0.1) is 0 Å². The van der Waals surface area contributed by atoms with Crippen LogP contribution >= 0.6 is 57.9 Å². The predicted octanol–water partition coefficient (Wildman–Crippen LogP) is 5.15. The summed E-state index contributed by atoms with van der Waals surface area (Å²) in [6.07, 6.45) is 0.691. The van der Waals surface area contributed by atoms with Gasteiger partial charge in [-0.25, -0.2) is 4.98 Å².